The van der Waals surface area contributed by atoms with Crippen molar-refractivity contribution in [3.63, 3.8) is 0 Å². The molecule has 0 amide bonds. The number of rotatable bonds is 5. The van der Waals surface area contributed by atoms with Crippen LogP contribution in [0, 0.1) is 10.8 Å². The summed E-state index contributed by atoms with van der Waals surface area (Å²) in [6.07, 6.45) is 0.875. The first-order chi connectivity index (χ1) is 19.7. The molecule has 6 rings (SSSR count). The Balaban J connectivity index is 1.69. The van der Waals surface area contributed by atoms with Crippen LogP contribution in [-0.2, 0) is 4.79 Å². The average Bonchev–Trinajstić information content (AvgIpc) is 3.44. The number of aliphatic hydroxyl groups is 1. The van der Waals surface area contributed by atoms with Crippen molar-refractivity contribution in [2.45, 2.75) is 32.6 Å². The molecule has 3 aromatic rings. The van der Waals surface area contributed by atoms with Crippen molar-refractivity contribution in [3.8, 4) is 23.0 Å². The number of anilines is 1. The molecule has 2 heterocycles. The zero-order chi connectivity index (χ0) is 28.9. The molecule has 1 atom stereocenters. The summed E-state index contributed by atoms with van der Waals surface area (Å²) in [5, 5.41) is 21.6. The molecular weight excluding hydrogens is 520 g/mol. The van der Waals surface area contributed by atoms with Gasteiger partial charge in [0.1, 0.15) is 23.1 Å². The minimum Gasteiger partial charge on any atom is -0.507 e. The van der Waals surface area contributed by atoms with E-state index in [0.29, 0.717) is 63.9 Å². The maximum absolute atomic E-state index is 14.2. The molecule has 0 saturated carbocycles. The number of ether oxygens (including phenoxy) is 4. The molecule has 0 saturated heterocycles. The second-order valence-corrected chi connectivity index (χ2v) is 11.2. The molecule has 1 aliphatic carbocycles. The van der Waals surface area contributed by atoms with Crippen molar-refractivity contribution in [1.82, 2.24) is 0 Å². The molecule has 210 valence electrons. The highest BCUT2D eigenvalue weighted by molar-refractivity contribution is 6.20. The van der Waals surface area contributed by atoms with Gasteiger partial charge in [0.2, 0.25) is 6.79 Å². The lowest BCUT2D eigenvalue weighted by Crippen LogP contribution is -2.45. The van der Waals surface area contributed by atoms with E-state index in [9.17, 15) is 15.3 Å². The van der Waals surface area contributed by atoms with Gasteiger partial charge < -0.3 is 24.1 Å². The summed E-state index contributed by atoms with van der Waals surface area (Å²) in [4.78, 5) is 15.9. The molecule has 0 aromatic heterocycles. The number of aliphatic hydroxyl groups excluding tert-OH is 1. The van der Waals surface area contributed by atoms with Crippen LogP contribution in [0.2, 0.25) is 0 Å². The van der Waals surface area contributed by atoms with E-state index in [4.69, 9.17) is 18.9 Å². The van der Waals surface area contributed by atoms with Crippen LogP contribution in [0.25, 0.3) is 5.76 Å². The number of ketones is 1. The Labute approximate surface area is 238 Å². The second kappa shape index (κ2) is 10.0. The third-order valence-electron chi connectivity index (χ3n) is 7.88. The molecule has 0 radical (unpaired) electrons. The van der Waals surface area contributed by atoms with Gasteiger partial charge in [0, 0.05) is 40.8 Å². The van der Waals surface area contributed by atoms with Crippen LogP contribution in [0.3, 0.4) is 0 Å². The van der Waals surface area contributed by atoms with E-state index in [0.717, 1.165) is 5.56 Å². The van der Waals surface area contributed by atoms with Crippen LogP contribution in [0.15, 0.2) is 83.6 Å². The van der Waals surface area contributed by atoms with Crippen molar-refractivity contribution in [1.29, 1.82) is 5.41 Å². The number of fused-ring (bicyclic) bond motifs is 1. The van der Waals surface area contributed by atoms with Gasteiger partial charge in [0.25, 0.3) is 0 Å². The van der Waals surface area contributed by atoms with Gasteiger partial charge in [-0.15, -0.1) is 0 Å². The van der Waals surface area contributed by atoms with Crippen LogP contribution in [0.1, 0.15) is 43.7 Å². The number of methoxy groups -OCH3 is 2. The van der Waals surface area contributed by atoms with Crippen molar-refractivity contribution < 1.29 is 28.8 Å². The molecule has 0 bridgehead atoms. The monoisotopic (exact) mass is 552 g/mol. The number of amidine groups is 1. The molecule has 41 heavy (non-hydrogen) atoms. The molecule has 3 aromatic carbocycles. The number of nitrogens with zero attached hydrogens (tertiary/aromatic N) is 1. The SMILES string of the molecule is COc1ccc(OC)c(N2C(=N)/C(=C(/O)c3ccccc3)C(c3ccc4c(c3)OCO4)C3=C2CC(C)(C)CC3=O)c1. The van der Waals surface area contributed by atoms with Crippen LogP contribution in [0.5, 0.6) is 23.0 Å². The summed E-state index contributed by atoms with van der Waals surface area (Å²) >= 11 is 0. The highest BCUT2D eigenvalue weighted by atomic mass is 16.7. The minimum absolute atomic E-state index is 0.0309. The fourth-order valence-corrected chi connectivity index (χ4v) is 6.03. The molecule has 2 N–H and O–H groups in total. The third kappa shape index (κ3) is 4.49. The van der Waals surface area contributed by atoms with E-state index in [1.165, 1.54) is 0 Å². The standard InChI is InChI=1S/C33H32N2O6/c1-33(2)16-23-29(24(36)17-33)28(20-10-12-26-27(14-20)41-18-40-26)30(31(37)19-8-6-5-7-9-19)32(34)35(23)22-15-21(38-3)11-13-25(22)39-4/h5-15,28,34,37H,16-18H2,1-4H3/b31-30+,34-32?. The van der Waals surface area contributed by atoms with Crippen LogP contribution < -0.4 is 23.8 Å². The Morgan fingerprint density at radius 2 is 1.73 bits per heavy atom. The molecule has 3 aliphatic rings. The molecule has 1 unspecified atom stereocenters. The van der Waals surface area contributed by atoms with Gasteiger partial charge in [0.05, 0.1) is 19.9 Å². The number of carbonyl (C=O) groups is 1. The van der Waals surface area contributed by atoms with E-state index in [2.05, 4.69) is 13.8 Å². The normalized spacial score (nSPS) is 20.6. The first kappa shape index (κ1) is 26.5. The van der Waals surface area contributed by atoms with Crippen molar-refractivity contribution in [2.75, 3.05) is 25.9 Å². The van der Waals surface area contributed by atoms with E-state index < -0.39 is 5.92 Å². The zero-order valence-electron chi connectivity index (χ0n) is 23.5. The quantitative estimate of drug-likeness (QED) is 0.343. The summed E-state index contributed by atoms with van der Waals surface area (Å²) in [6.45, 7) is 4.23. The number of hydrogen-bond acceptors (Lipinski definition) is 7. The summed E-state index contributed by atoms with van der Waals surface area (Å²) in [7, 11) is 3.14. The average molecular weight is 553 g/mol. The topological polar surface area (TPSA) is 101 Å². The van der Waals surface area contributed by atoms with E-state index in [-0.39, 0.29) is 29.6 Å². The molecule has 2 aliphatic heterocycles. The first-order valence-corrected chi connectivity index (χ1v) is 13.5. The van der Waals surface area contributed by atoms with E-state index in [1.54, 1.807) is 49.5 Å². The van der Waals surface area contributed by atoms with Crippen molar-refractivity contribution in [3.05, 3.63) is 94.7 Å². The van der Waals surface area contributed by atoms with Crippen molar-refractivity contribution >= 4 is 23.1 Å². The Morgan fingerprint density at radius 3 is 2.46 bits per heavy atom. The first-order valence-electron chi connectivity index (χ1n) is 13.5. The van der Waals surface area contributed by atoms with Gasteiger partial charge in [-0.2, -0.15) is 0 Å². The number of benzene rings is 3. The lowest BCUT2D eigenvalue weighted by molar-refractivity contribution is -0.118. The minimum atomic E-state index is -0.705. The summed E-state index contributed by atoms with van der Waals surface area (Å²) in [5.74, 6) is 1.51. The van der Waals surface area contributed by atoms with Gasteiger partial charge >= 0.3 is 0 Å². The second-order valence-electron chi connectivity index (χ2n) is 11.2. The number of allylic oxidation sites excluding steroid dienone is 2. The number of carbonyl (C=O) groups excluding carboxylic acids is 1. The van der Waals surface area contributed by atoms with E-state index in [1.807, 2.05) is 36.4 Å². The number of Topliss-reactive ketones (excluding diaryl/α,β-unsaturated/α-hetero) is 1. The molecule has 8 heteroatoms. The zero-order valence-corrected chi connectivity index (χ0v) is 23.5. The van der Waals surface area contributed by atoms with Gasteiger partial charge in [-0.05, 0) is 41.7 Å². The van der Waals surface area contributed by atoms with Gasteiger partial charge in [-0.3, -0.25) is 15.1 Å². The fourth-order valence-electron chi connectivity index (χ4n) is 6.03. The Bertz CT molecular complexity index is 1620. The van der Waals surface area contributed by atoms with E-state index >= 15 is 0 Å². The van der Waals surface area contributed by atoms with Crippen LogP contribution in [0.4, 0.5) is 5.69 Å². The molecule has 0 spiro atoms. The summed E-state index contributed by atoms with van der Waals surface area (Å²) in [5.41, 5.74) is 3.04. The van der Waals surface area contributed by atoms with Crippen LogP contribution >= 0.6 is 0 Å². The maximum atomic E-state index is 14.2. The van der Waals surface area contributed by atoms with Gasteiger partial charge in [-0.25, -0.2) is 0 Å². The van der Waals surface area contributed by atoms with Gasteiger partial charge in [0.15, 0.2) is 17.3 Å². The molecule has 8 nitrogen and oxygen atoms in total. The summed E-state index contributed by atoms with van der Waals surface area (Å²) < 4.78 is 22.5. The van der Waals surface area contributed by atoms with Gasteiger partial charge in [-0.1, -0.05) is 50.2 Å². The third-order valence-corrected chi connectivity index (χ3v) is 7.88. The largest absolute Gasteiger partial charge is 0.507 e. The number of nitrogens with one attached hydrogen (secondary N) is 1. The molecular formula is C33H32N2O6. The summed E-state index contributed by atoms with van der Waals surface area (Å²) in [6, 6.07) is 20.0. The predicted molar refractivity (Wildman–Crippen MR) is 156 cm³/mol. The highest BCUT2D eigenvalue weighted by Crippen LogP contribution is 2.53. The number of hydrogen-bond donors (Lipinski definition) is 2. The Hall–Kier alpha value is -4.72. The Morgan fingerprint density at radius 1 is 0.976 bits per heavy atom. The fraction of sp³-hybridized carbons (Fsp3) is 0.273. The molecule has 0 fully saturated rings. The maximum Gasteiger partial charge on any atom is 0.231 e. The lowest BCUT2D eigenvalue weighted by atomic mass is 9.67. The Kier molecular flexibility index (Phi) is 6.49. The highest BCUT2D eigenvalue weighted by Gasteiger charge is 2.47. The van der Waals surface area contributed by atoms with Crippen molar-refractivity contribution in [2.24, 2.45) is 5.41 Å². The lowest BCUT2D eigenvalue weighted by Gasteiger charge is -2.45. The predicted octanol–water partition coefficient (Wildman–Crippen LogP) is 6.63. The van der Waals surface area contributed by atoms with Crippen LogP contribution in [-0.4, -0.2) is 37.7 Å². The smallest absolute Gasteiger partial charge is 0.231 e.